The lowest BCUT2D eigenvalue weighted by Crippen LogP contribution is -2.16. The maximum atomic E-state index is 13.6. The molecule has 1 aromatic carbocycles. The Balaban J connectivity index is 2.41. The molecule has 23 heavy (non-hydrogen) atoms. The predicted molar refractivity (Wildman–Crippen MR) is 71.5 cm³/mol. The molecule has 0 aliphatic heterocycles. The summed E-state index contributed by atoms with van der Waals surface area (Å²) in [6, 6.07) is 1.73. The molecule has 1 aromatic heterocycles. The molecule has 0 unspecified atom stereocenters. The van der Waals surface area contributed by atoms with E-state index in [0.29, 0.717) is 4.88 Å². The van der Waals surface area contributed by atoms with E-state index in [0.717, 1.165) is 11.8 Å². The van der Waals surface area contributed by atoms with E-state index in [-0.39, 0.29) is 0 Å². The lowest BCUT2D eigenvalue weighted by Gasteiger charge is -2.13. The largest absolute Gasteiger partial charge is 0.422 e. The van der Waals surface area contributed by atoms with Crippen molar-refractivity contribution < 1.29 is 30.7 Å². The molecule has 2 rings (SSSR count). The molecule has 0 atom stereocenters. The van der Waals surface area contributed by atoms with Crippen LogP contribution in [-0.2, 0) is 6.18 Å². The van der Waals surface area contributed by atoms with E-state index >= 15 is 0 Å². The number of thiophene rings is 1. The molecule has 0 aliphatic rings. The van der Waals surface area contributed by atoms with Gasteiger partial charge in [-0.3, -0.25) is 5.43 Å². The first kappa shape index (κ1) is 17.3. The van der Waals surface area contributed by atoms with Crippen molar-refractivity contribution >= 4 is 23.2 Å². The molecule has 0 radical (unpaired) electrons. The van der Waals surface area contributed by atoms with Gasteiger partial charge in [-0.15, -0.1) is 11.3 Å². The molecule has 0 spiro atoms. The van der Waals surface area contributed by atoms with Crippen LogP contribution in [0.1, 0.15) is 16.0 Å². The zero-order chi connectivity index (χ0) is 17.4. The van der Waals surface area contributed by atoms with E-state index in [1.54, 1.807) is 23.8 Å². The highest BCUT2D eigenvalue weighted by atomic mass is 32.1. The van der Waals surface area contributed by atoms with Crippen molar-refractivity contribution in [2.45, 2.75) is 13.1 Å². The van der Waals surface area contributed by atoms with E-state index < -0.39 is 40.7 Å². The quantitative estimate of drug-likeness (QED) is 0.353. The van der Waals surface area contributed by atoms with Crippen molar-refractivity contribution in [1.82, 2.24) is 0 Å². The van der Waals surface area contributed by atoms with E-state index in [4.69, 9.17) is 0 Å². The van der Waals surface area contributed by atoms with Gasteiger partial charge in [0.1, 0.15) is 11.3 Å². The summed E-state index contributed by atoms with van der Waals surface area (Å²) >= 11 is 1.23. The summed E-state index contributed by atoms with van der Waals surface area (Å²) in [5, 5.41) is 5.09. The van der Waals surface area contributed by atoms with E-state index in [9.17, 15) is 30.7 Å². The highest BCUT2D eigenvalue weighted by molar-refractivity contribution is 7.11. The maximum absolute atomic E-state index is 13.6. The van der Waals surface area contributed by atoms with Crippen LogP contribution in [-0.4, -0.2) is 6.21 Å². The second-order valence-corrected chi connectivity index (χ2v) is 5.29. The minimum atomic E-state index is -5.58. The van der Waals surface area contributed by atoms with E-state index in [1.165, 1.54) is 11.3 Å². The molecule has 0 bridgehead atoms. The minimum Gasteiger partial charge on any atom is -0.272 e. The van der Waals surface area contributed by atoms with Crippen molar-refractivity contribution in [2.75, 3.05) is 5.43 Å². The number of rotatable bonds is 3. The van der Waals surface area contributed by atoms with Crippen LogP contribution < -0.4 is 5.43 Å². The van der Waals surface area contributed by atoms with Crippen LogP contribution in [0.4, 0.5) is 36.4 Å². The van der Waals surface area contributed by atoms with Gasteiger partial charge in [-0.1, -0.05) is 0 Å². The summed E-state index contributed by atoms with van der Waals surface area (Å²) in [6.07, 6.45) is -4.46. The zero-order valence-corrected chi connectivity index (χ0v) is 12.0. The van der Waals surface area contributed by atoms with Gasteiger partial charge in [-0.25, -0.2) is 17.6 Å². The lowest BCUT2D eigenvalue weighted by atomic mass is 10.1. The first-order valence-electron chi connectivity index (χ1n) is 5.91. The summed E-state index contributed by atoms with van der Waals surface area (Å²) in [6.45, 7) is 1.72. The standard InChI is InChI=1S/C13H7F7N2S/c1-5-2-3-23-6(5)4-21-22-12-10(16)8(14)7(13(18,19)20)9(15)11(12)17/h2-4,22H,1H3/b21-4-. The summed E-state index contributed by atoms with van der Waals surface area (Å²) in [4.78, 5) is 0.589. The van der Waals surface area contributed by atoms with Crippen LogP contribution in [0.5, 0.6) is 0 Å². The first-order valence-corrected chi connectivity index (χ1v) is 6.78. The number of anilines is 1. The second-order valence-electron chi connectivity index (χ2n) is 4.34. The molecule has 1 heterocycles. The van der Waals surface area contributed by atoms with Gasteiger partial charge in [0.15, 0.2) is 23.3 Å². The van der Waals surface area contributed by atoms with Gasteiger partial charge >= 0.3 is 6.18 Å². The van der Waals surface area contributed by atoms with E-state index in [2.05, 4.69) is 5.10 Å². The van der Waals surface area contributed by atoms with Crippen LogP contribution >= 0.6 is 11.3 Å². The fraction of sp³-hybridized carbons (Fsp3) is 0.154. The number of hydrogen-bond acceptors (Lipinski definition) is 3. The molecule has 124 valence electrons. The van der Waals surface area contributed by atoms with Crippen molar-refractivity contribution in [3.63, 3.8) is 0 Å². The summed E-state index contributed by atoms with van der Waals surface area (Å²) in [5.41, 5.74) is -1.61. The van der Waals surface area contributed by atoms with Crippen molar-refractivity contribution in [3.8, 4) is 0 Å². The first-order chi connectivity index (χ1) is 10.6. The molecule has 2 aromatic rings. The third kappa shape index (κ3) is 3.31. The molecule has 0 saturated carbocycles. The summed E-state index contributed by atoms with van der Waals surface area (Å²) < 4.78 is 91.1. The van der Waals surface area contributed by atoms with Crippen molar-refractivity contribution in [1.29, 1.82) is 0 Å². The number of aryl methyl sites for hydroxylation is 1. The Bertz CT molecular complexity index is 735. The van der Waals surface area contributed by atoms with Crippen LogP contribution in [0, 0.1) is 30.2 Å². The van der Waals surface area contributed by atoms with Gasteiger partial charge in [-0.05, 0) is 23.9 Å². The average molecular weight is 356 g/mol. The monoisotopic (exact) mass is 356 g/mol. The number of benzene rings is 1. The Morgan fingerprint density at radius 1 is 1.04 bits per heavy atom. The fourth-order valence-corrected chi connectivity index (χ4v) is 2.44. The Kier molecular flexibility index (Phi) is 4.64. The molecule has 2 nitrogen and oxygen atoms in total. The molecule has 10 heteroatoms. The topological polar surface area (TPSA) is 24.4 Å². The Labute approximate surface area is 129 Å². The summed E-state index contributed by atoms with van der Waals surface area (Å²) in [7, 11) is 0. The van der Waals surface area contributed by atoms with Gasteiger partial charge in [0.05, 0.1) is 6.21 Å². The van der Waals surface area contributed by atoms with Crippen LogP contribution in [0.25, 0.3) is 0 Å². The molecular weight excluding hydrogens is 349 g/mol. The fourth-order valence-electron chi connectivity index (χ4n) is 1.65. The summed E-state index contributed by atoms with van der Waals surface area (Å²) in [5.74, 6) is -9.50. The number of halogens is 7. The molecule has 1 N–H and O–H groups in total. The van der Waals surface area contributed by atoms with Gasteiger partial charge in [-0.2, -0.15) is 18.3 Å². The number of hydrazone groups is 1. The SMILES string of the molecule is Cc1ccsc1/C=N\Nc1c(F)c(F)c(C(F)(F)F)c(F)c1F. The molecule has 0 fully saturated rings. The van der Waals surface area contributed by atoms with Crippen LogP contribution in [0.15, 0.2) is 16.5 Å². The van der Waals surface area contributed by atoms with Gasteiger partial charge in [0, 0.05) is 4.88 Å². The Morgan fingerprint density at radius 2 is 1.61 bits per heavy atom. The van der Waals surface area contributed by atoms with Gasteiger partial charge in [0.2, 0.25) is 0 Å². The van der Waals surface area contributed by atoms with Crippen molar-refractivity contribution in [2.24, 2.45) is 5.10 Å². The maximum Gasteiger partial charge on any atom is 0.422 e. The minimum absolute atomic E-state index is 0.589. The Hall–Kier alpha value is -2.10. The highest BCUT2D eigenvalue weighted by Crippen LogP contribution is 2.38. The number of nitrogens with one attached hydrogen (secondary N) is 1. The number of hydrogen-bond donors (Lipinski definition) is 1. The highest BCUT2D eigenvalue weighted by Gasteiger charge is 2.42. The number of alkyl halides is 3. The van der Waals surface area contributed by atoms with Crippen LogP contribution in [0.2, 0.25) is 0 Å². The lowest BCUT2D eigenvalue weighted by molar-refractivity contribution is -0.143. The molecule has 0 saturated heterocycles. The Morgan fingerprint density at radius 3 is 2.04 bits per heavy atom. The van der Waals surface area contributed by atoms with Gasteiger partial charge in [0.25, 0.3) is 0 Å². The molecule has 0 aliphatic carbocycles. The smallest absolute Gasteiger partial charge is 0.272 e. The molecular formula is C13H7F7N2S. The third-order valence-electron chi connectivity index (χ3n) is 2.81. The van der Waals surface area contributed by atoms with Gasteiger partial charge < -0.3 is 0 Å². The van der Waals surface area contributed by atoms with E-state index in [1.807, 2.05) is 0 Å². The second kappa shape index (κ2) is 6.19. The number of nitrogens with zero attached hydrogens (tertiary/aromatic N) is 1. The van der Waals surface area contributed by atoms with Crippen molar-refractivity contribution in [3.05, 3.63) is 50.7 Å². The van der Waals surface area contributed by atoms with Crippen LogP contribution in [0.3, 0.4) is 0 Å². The normalized spacial score (nSPS) is 12.2. The third-order valence-corrected chi connectivity index (χ3v) is 3.76. The zero-order valence-electron chi connectivity index (χ0n) is 11.2. The molecule has 0 amide bonds. The average Bonchev–Trinajstić information content (AvgIpc) is 2.85. The predicted octanol–water partition coefficient (Wildman–Crippen LogP) is 5.08.